The fraction of sp³-hybridized carbons (Fsp3) is 0.438. The van der Waals surface area contributed by atoms with Crippen molar-refractivity contribution in [1.82, 2.24) is 20.8 Å². The lowest BCUT2D eigenvalue weighted by atomic mass is 10.1. The molecule has 6 nitrogen and oxygen atoms in total. The van der Waals surface area contributed by atoms with Crippen LogP contribution in [0.5, 0.6) is 0 Å². The topological polar surface area (TPSA) is 80.1 Å². The fourth-order valence-corrected chi connectivity index (χ4v) is 2.62. The number of carbonyl (C=O) groups excluding carboxylic acids is 1. The van der Waals surface area contributed by atoms with Crippen molar-refractivity contribution >= 4 is 18.3 Å². The number of nitrogens with zero attached hydrogens (tertiary/aromatic N) is 2. The maximum absolute atomic E-state index is 13.1. The molecule has 3 rings (SSSR count). The summed E-state index contributed by atoms with van der Waals surface area (Å²) in [5.74, 6) is 0.710. The van der Waals surface area contributed by atoms with Crippen LogP contribution in [0.15, 0.2) is 28.8 Å². The molecule has 1 aromatic heterocycles. The molecule has 2 N–H and O–H groups in total. The molecule has 2 aromatic rings. The van der Waals surface area contributed by atoms with Crippen molar-refractivity contribution in [2.24, 2.45) is 0 Å². The summed E-state index contributed by atoms with van der Waals surface area (Å²) in [6.07, 6.45) is 2.81. The quantitative estimate of drug-likeness (QED) is 0.824. The Labute approximate surface area is 145 Å². The van der Waals surface area contributed by atoms with Crippen LogP contribution >= 0.6 is 12.4 Å². The number of nitrogens with one attached hydrogen (secondary N) is 2. The van der Waals surface area contributed by atoms with Crippen molar-refractivity contribution < 1.29 is 13.7 Å². The Kier molecular flexibility index (Phi) is 6.69. The smallest absolute Gasteiger partial charge is 0.237 e. The van der Waals surface area contributed by atoms with E-state index in [1.807, 2.05) is 6.07 Å². The maximum Gasteiger partial charge on any atom is 0.237 e. The minimum atomic E-state index is -0.283. The van der Waals surface area contributed by atoms with E-state index < -0.39 is 0 Å². The summed E-state index contributed by atoms with van der Waals surface area (Å²) in [7, 11) is 0. The number of hydrogen-bond donors (Lipinski definition) is 2. The third-order valence-electron chi connectivity index (χ3n) is 3.78. The summed E-state index contributed by atoms with van der Waals surface area (Å²) < 4.78 is 18.3. The van der Waals surface area contributed by atoms with Gasteiger partial charge in [-0.2, -0.15) is 4.98 Å². The van der Waals surface area contributed by atoms with E-state index in [0.717, 1.165) is 24.9 Å². The molecule has 0 bridgehead atoms. The van der Waals surface area contributed by atoms with Crippen LogP contribution in [-0.2, 0) is 17.6 Å². The largest absolute Gasteiger partial charge is 0.354 e. The number of hydrogen-bond acceptors (Lipinski definition) is 5. The summed E-state index contributed by atoms with van der Waals surface area (Å²) >= 11 is 0. The van der Waals surface area contributed by atoms with Crippen LogP contribution in [0.3, 0.4) is 0 Å². The molecule has 1 aromatic carbocycles. The summed E-state index contributed by atoms with van der Waals surface area (Å²) in [5, 5.41) is 9.89. The van der Waals surface area contributed by atoms with Gasteiger partial charge in [0.1, 0.15) is 5.82 Å². The molecule has 24 heavy (non-hydrogen) atoms. The van der Waals surface area contributed by atoms with Crippen LogP contribution in [0.1, 0.15) is 30.1 Å². The lowest BCUT2D eigenvalue weighted by Crippen LogP contribution is -2.41. The third kappa shape index (κ3) is 5.01. The van der Waals surface area contributed by atoms with E-state index in [4.69, 9.17) is 4.52 Å². The first-order chi connectivity index (χ1) is 11.2. The molecule has 0 aliphatic carbocycles. The maximum atomic E-state index is 13.1. The second kappa shape index (κ2) is 8.75. The van der Waals surface area contributed by atoms with E-state index >= 15 is 0 Å². The van der Waals surface area contributed by atoms with Crippen molar-refractivity contribution in [1.29, 1.82) is 0 Å². The van der Waals surface area contributed by atoms with Gasteiger partial charge in [-0.3, -0.25) is 4.79 Å². The lowest BCUT2D eigenvalue weighted by Gasteiger charge is -2.09. The Bertz CT molecular complexity index is 674. The minimum absolute atomic E-state index is 0. The number of rotatable bonds is 6. The van der Waals surface area contributed by atoms with Crippen LogP contribution < -0.4 is 10.6 Å². The highest BCUT2D eigenvalue weighted by Crippen LogP contribution is 2.09. The van der Waals surface area contributed by atoms with Gasteiger partial charge in [0.2, 0.25) is 11.8 Å². The van der Waals surface area contributed by atoms with Crippen molar-refractivity contribution in [3.63, 3.8) is 0 Å². The molecule has 0 spiro atoms. The average molecular weight is 355 g/mol. The van der Waals surface area contributed by atoms with Crippen LogP contribution in [0.4, 0.5) is 4.39 Å². The highest BCUT2D eigenvalue weighted by molar-refractivity contribution is 5.85. The fourth-order valence-electron chi connectivity index (χ4n) is 2.62. The van der Waals surface area contributed by atoms with Gasteiger partial charge >= 0.3 is 0 Å². The first-order valence-corrected chi connectivity index (χ1v) is 7.78. The van der Waals surface area contributed by atoms with Gasteiger partial charge in [0.15, 0.2) is 5.82 Å². The predicted octanol–water partition coefficient (Wildman–Crippen LogP) is 1.63. The Hall–Kier alpha value is -1.99. The molecule has 1 atom stereocenters. The van der Waals surface area contributed by atoms with E-state index in [0.29, 0.717) is 31.1 Å². The number of carbonyl (C=O) groups is 1. The van der Waals surface area contributed by atoms with Crippen molar-refractivity contribution in [2.75, 3.05) is 13.1 Å². The molecule has 1 fully saturated rings. The van der Waals surface area contributed by atoms with Crippen molar-refractivity contribution in [3.8, 4) is 0 Å². The zero-order chi connectivity index (χ0) is 16.1. The van der Waals surface area contributed by atoms with Gasteiger partial charge in [0, 0.05) is 19.4 Å². The zero-order valence-corrected chi connectivity index (χ0v) is 13.9. The standard InChI is InChI=1S/C16H19FN4O2.ClH/c17-12-4-1-3-11(9-12)10-14-20-15(23-21-14)6-8-19-16(22)13-5-2-7-18-13;/h1,3-4,9,13,18H,2,5-8,10H2,(H,19,22);1H. The zero-order valence-electron chi connectivity index (χ0n) is 13.1. The molecular formula is C16H20ClFN4O2. The molecule has 2 heterocycles. The normalized spacial score (nSPS) is 16.6. The van der Waals surface area contributed by atoms with E-state index in [2.05, 4.69) is 20.8 Å². The van der Waals surface area contributed by atoms with Gasteiger partial charge in [-0.25, -0.2) is 4.39 Å². The van der Waals surface area contributed by atoms with E-state index in [-0.39, 0.29) is 30.2 Å². The first-order valence-electron chi connectivity index (χ1n) is 7.78. The van der Waals surface area contributed by atoms with Crippen LogP contribution in [-0.4, -0.2) is 35.2 Å². The van der Waals surface area contributed by atoms with Gasteiger partial charge in [0.05, 0.1) is 6.04 Å². The third-order valence-corrected chi connectivity index (χ3v) is 3.78. The SMILES string of the molecule is Cl.O=C(NCCc1nc(Cc2cccc(F)c2)no1)C1CCCN1. The Balaban J connectivity index is 0.00000208. The first kappa shape index (κ1) is 18.4. The second-order valence-electron chi connectivity index (χ2n) is 5.60. The Morgan fingerprint density at radius 1 is 1.46 bits per heavy atom. The van der Waals surface area contributed by atoms with E-state index in [1.54, 1.807) is 6.07 Å². The van der Waals surface area contributed by atoms with Gasteiger partial charge in [-0.15, -0.1) is 12.4 Å². The Morgan fingerprint density at radius 3 is 3.08 bits per heavy atom. The molecular weight excluding hydrogens is 335 g/mol. The van der Waals surface area contributed by atoms with Gasteiger partial charge in [-0.05, 0) is 37.1 Å². The molecule has 130 valence electrons. The van der Waals surface area contributed by atoms with Crippen molar-refractivity contribution in [2.45, 2.75) is 31.7 Å². The van der Waals surface area contributed by atoms with Gasteiger partial charge in [-0.1, -0.05) is 17.3 Å². The molecule has 1 aliphatic rings. The monoisotopic (exact) mass is 354 g/mol. The Morgan fingerprint density at radius 2 is 2.33 bits per heavy atom. The van der Waals surface area contributed by atoms with E-state index in [1.165, 1.54) is 12.1 Å². The summed E-state index contributed by atoms with van der Waals surface area (Å²) in [6, 6.07) is 6.23. The number of benzene rings is 1. The predicted molar refractivity (Wildman–Crippen MR) is 88.5 cm³/mol. The molecule has 1 amide bonds. The van der Waals surface area contributed by atoms with Crippen LogP contribution in [0.25, 0.3) is 0 Å². The number of amides is 1. The molecule has 1 unspecified atom stereocenters. The second-order valence-corrected chi connectivity index (χ2v) is 5.60. The molecule has 1 aliphatic heterocycles. The van der Waals surface area contributed by atoms with Crippen molar-refractivity contribution in [3.05, 3.63) is 47.4 Å². The highest BCUT2D eigenvalue weighted by Gasteiger charge is 2.21. The van der Waals surface area contributed by atoms with Crippen LogP contribution in [0.2, 0.25) is 0 Å². The molecule has 8 heteroatoms. The summed E-state index contributed by atoms with van der Waals surface area (Å²) in [5.41, 5.74) is 0.790. The highest BCUT2D eigenvalue weighted by atomic mass is 35.5. The van der Waals surface area contributed by atoms with Crippen LogP contribution in [0, 0.1) is 5.82 Å². The molecule has 1 saturated heterocycles. The number of aromatic nitrogens is 2. The molecule has 0 radical (unpaired) electrons. The summed E-state index contributed by atoms with van der Waals surface area (Å²) in [6.45, 7) is 1.35. The average Bonchev–Trinajstić information content (AvgIpc) is 3.19. The van der Waals surface area contributed by atoms with E-state index in [9.17, 15) is 9.18 Å². The van der Waals surface area contributed by atoms with Gasteiger partial charge in [0.25, 0.3) is 0 Å². The molecule has 0 saturated carbocycles. The summed E-state index contributed by atoms with van der Waals surface area (Å²) in [4.78, 5) is 16.1. The lowest BCUT2D eigenvalue weighted by molar-refractivity contribution is -0.122. The van der Waals surface area contributed by atoms with Gasteiger partial charge < -0.3 is 15.2 Å². The number of halogens is 2. The minimum Gasteiger partial charge on any atom is -0.354 e.